The molecule has 1 rings (SSSR count). The molecule has 0 unspecified atom stereocenters. The molecule has 1 aromatic rings. The maximum Gasteiger partial charge on any atom is 0.134 e. The monoisotopic (exact) mass is 200 g/mol. The Morgan fingerprint density at radius 3 is 2.85 bits per heavy atom. The first-order valence-electron chi connectivity index (χ1n) is 4.44. The highest BCUT2D eigenvalue weighted by atomic mass is 32.1. The standard InChI is InChI=1S/C8H16N4S/c1-4-5-9-8-7(6-12(2)3)10-11-13-8/h9H,4-6H2,1-3H3. The Morgan fingerprint density at radius 1 is 1.46 bits per heavy atom. The van der Waals surface area contributed by atoms with Crippen molar-refractivity contribution in [1.82, 2.24) is 14.5 Å². The Morgan fingerprint density at radius 2 is 2.23 bits per heavy atom. The Balaban J connectivity index is 2.55. The van der Waals surface area contributed by atoms with Gasteiger partial charge in [-0.3, -0.25) is 0 Å². The predicted molar refractivity (Wildman–Crippen MR) is 56.1 cm³/mol. The van der Waals surface area contributed by atoms with Gasteiger partial charge in [-0.1, -0.05) is 11.4 Å². The van der Waals surface area contributed by atoms with Crippen LogP contribution in [0.25, 0.3) is 0 Å². The molecule has 0 amide bonds. The predicted octanol–water partition coefficient (Wildman–Crippen LogP) is 1.42. The van der Waals surface area contributed by atoms with E-state index in [0.29, 0.717) is 0 Å². The molecule has 74 valence electrons. The second-order valence-corrected chi connectivity index (χ2v) is 3.97. The number of nitrogens with one attached hydrogen (secondary N) is 1. The number of rotatable bonds is 5. The van der Waals surface area contributed by atoms with E-state index in [-0.39, 0.29) is 0 Å². The smallest absolute Gasteiger partial charge is 0.134 e. The van der Waals surface area contributed by atoms with Crippen molar-refractivity contribution in [3.8, 4) is 0 Å². The van der Waals surface area contributed by atoms with Gasteiger partial charge in [0.25, 0.3) is 0 Å². The summed E-state index contributed by atoms with van der Waals surface area (Å²) in [5, 5.41) is 8.50. The van der Waals surface area contributed by atoms with Crippen LogP contribution in [0.3, 0.4) is 0 Å². The van der Waals surface area contributed by atoms with E-state index in [1.807, 2.05) is 14.1 Å². The molecule has 0 saturated heterocycles. The summed E-state index contributed by atoms with van der Waals surface area (Å²) in [5.41, 5.74) is 1.04. The third kappa shape index (κ3) is 3.28. The minimum Gasteiger partial charge on any atom is -0.374 e. The molecular weight excluding hydrogens is 184 g/mol. The largest absolute Gasteiger partial charge is 0.374 e. The fourth-order valence-corrected chi connectivity index (χ4v) is 1.58. The van der Waals surface area contributed by atoms with Crippen LogP contribution >= 0.6 is 11.5 Å². The molecule has 1 N–H and O–H groups in total. The lowest BCUT2D eigenvalue weighted by Gasteiger charge is -2.08. The maximum atomic E-state index is 4.07. The molecule has 0 bridgehead atoms. The van der Waals surface area contributed by atoms with E-state index in [1.165, 1.54) is 11.5 Å². The van der Waals surface area contributed by atoms with Gasteiger partial charge in [0.15, 0.2) is 0 Å². The van der Waals surface area contributed by atoms with E-state index < -0.39 is 0 Å². The van der Waals surface area contributed by atoms with Crippen LogP contribution in [-0.2, 0) is 6.54 Å². The Bertz CT molecular complexity index is 246. The zero-order chi connectivity index (χ0) is 9.68. The second kappa shape index (κ2) is 5.14. The Kier molecular flexibility index (Phi) is 4.11. The van der Waals surface area contributed by atoms with Crippen LogP contribution in [0.5, 0.6) is 0 Å². The van der Waals surface area contributed by atoms with Crippen LogP contribution in [0.2, 0.25) is 0 Å². The molecule has 0 atom stereocenters. The summed E-state index contributed by atoms with van der Waals surface area (Å²) in [5.74, 6) is 0. The normalized spacial score (nSPS) is 10.8. The number of nitrogens with zero attached hydrogens (tertiary/aromatic N) is 3. The number of anilines is 1. The van der Waals surface area contributed by atoms with E-state index in [9.17, 15) is 0 Å². The van der Waals surface area contributed by atoms with Crippen LogP contribution < -0.4 is 5.32 Å². The summed E-state index contributed by atoms with van der Waals surface area (Å²) in [6.07, 6.45) is 1.12. The highest BCUT2D eigenvalue weighted by molar-refractivity contribution is 7.10. The summed E-state index contributed by atoms with van der Waals surface area (Å²) in [6.45, 7) is 3.99. The molecule has 0 aliphatic carbocycles. The maximum absolute atomic E-state index is 4.07. The van der Waals surface area contributed by atoms with Gasteiger partial charge >= 0.3 is 0 Å². The average molecular weight is 200 g/mol. The minimum atomic E-state index is 0.850. The van der Waals surface area contributed by atoms with Crippen molar-refractivity contribution in [3.63, 3.8) is 0 Å². The van der Waals surface area contributed by atoms with Crippen LogP contribution in [0.4, 0.5) is 5.00 Å². The lowest BCUT2D eigenvalue weighted by atomic mass is 10.4. The number of hydrogen-bond acceptors (Lipinski definition) is 5. The van der Waals surface area contributed by atoms with Crippen molar-refractivity contribution in [2.75, 3.05) is 26.0 Å². The van der Waals surface area contributed by atoms with E-state index in [0.717, 1.165) is 30.2 Å². The molecule has 0 fully saturated rings. The average Bonchev–Trinajstić information content (AvgIpc) is 2.48. The molecule has 1 heterocycles. The lowest BCUT2D eigenvalue weighted by molar-refractivity contribution is 0.397. The Labute approximate surface area is 83.1 Å². The van der Waals surface area contributed by atoms with E-state index in [2.05, 4.69) is 26.7 Å². The summed E-state index contributed by atoms with van der Waals surface area (Å²) in [6, 6.07) is 0. The SMILES string of the molecule is CCCNc1snnc1CN(C)C. The van der Waals surface area contributed by atoms with Gasteiger partial charge in [-0.15, -0.1) is 5.10 Å². The fraction of sp³-hybridized carbons (Fsp3) is 0.750. The summed E-state index contributed by atoms with van der Waals surface area (Å²) in [7, 11) is 4.06. The first kappa shape index (κ1) is 10.4. The van der Waals surface area contributed by atoms with Crippen molar-refractivity contribution in [3.05, 3.63) is 5.69 Å². The van der Waals surface area contributed by atoms with Crippen molar-refractivity contribution >= 4 is 16.5 Å². The van der Waals surface area contributed by atoms with E-state index in [4.69, 9.17) is 0 Å². The molecule has 0 radical (unpaired) electrons. The van der Waals surface area contributed by atoms with Gasteiger partial charge in [0, 0.05) is 24.6 Å². The molecule has 4 nitrogen and oxygen atoms in total. The lowest BCUT2D eigenvalue weighted by Crippen LogP contribution is -2.12. The molecule has 0 aliphatic rings. The first-order chi connectivity index (χ1) is 6.24. The zero-order valence-electron chi connectivity index (χ0n) is 8.37. The van der Waals surface area contributed by atoms with Crippen molar-refractivity contribution in [1.29, 1.82) is 0 Å². The molecule has 1 aromatic heterocycles. The van der Waals surface area contributed by atoms with E-state index in [1.54, 1.807) is 0 Å². The van der Waals surface area contributed by atoms with Crippen LogP contribution in [-0.4, -0.2) is 35.1 Å². The summed E-state index contributed by atoms with van der Waals surface area (Å²) >= 11 is 1.43. The molecule has 5 heteroatoms. The van der Waals surface area contributed by atoms with E-state index >= 15 is 0 Å². The van der Waals surface area contributed by atoms with Gasteiger partial charge in [-0.25, -0.2) is 0 Å². The summed E-state index contributed by atoms with van der Waals surface area (Å²) < 4.78 is 3.93. The molecule has 0 aliphatic heterocycles. The number of aromatic nitrogens is 2. The third-order valence-electron chi connectivity index (χ3n) is 1.56. The van der Waals surface area contributed by atoms with Gasteiger partial charge in [-0.05, 0) is 20.5 Å². The van der Waals surface area contributed by atoms with Gasteiger partial charge in [0.1, 0.15) is 10.7 Å². The van der Waals surface area contributed by atoms with Crippen molar-refractivity contribution < 1.29 is 0 Å². The molecule has 0 saturated carbocycles. The van der Waals surface area contributed by atoms with Gasteiger partial charge in [-0.2, -0.15) is 0 Å². The van der Waals surface area contributed by atoms with Gasteiger partial charge < -0.3 is 10.2 Å². The minimum absolute atomic E-state index is 0.850. The zero-order valence-corrected chi connectivity index (χ0v) is 9.19. The van der Waals surface area contributed by atoms with Crippen LogP contribution in [0.15, 0.2) is 0 Å². The molecule has 0 spiro atoms. The first-order valence-corrected chi connectivity index (χ1v) is 5.21. The topological polar surface area (TPSA) is 41.1 Å². The Hall–Kier alpha value is -0.680. The van der Waals surface area contributed by atoms with Crippen molar-refractivity contribution in [2.24, 2.45) is 0 Å². The van der Waals surface area contributed by atoms with Crippen molar-refractivity contribution in [2.45, 2.75) is 19.9 Å². The van der Waals surface area contributed by atoms with Crippen LogP contribution in [0.1, 0.15) is 19.0 Å². The molecular formula is C8H16N4S. The quantitative estimate of drug-likeness (QED) is 0.780. The fourth-order valence-electron chi connectivity index (χ4n) is 0.984. The van der Waals surface area contributed by atoms with Crippen LogP contribution in [0, 0.1) is 0 Å². The molecule has 13 heavy (non-hydrogen) atoms. The summed E-state index contributed by atoms with van der Waals surface area (Å²) in [4.78, 5) is 2.09. The number of hydrogen-bond donors (Lipinski definition) is 1. The molecule has 0 aromatic carbocycles. The highest BCUT2D eigenvalue weighted by Gasteiger charge is 2.07. The van der Waals surface area contributed by atoms with Gasteiger partial charge in [0.05, 0.1) is 0 Å². The van der Waals surface area contributed by atoms with Gasteiger partial charge in [0.2, 0.25) is 0 Å². The third-order valence-corrected chi connectivity index (χ3v) is 2.28. The highest BCUT2D eigenvalue weighted by Crippen LogP contribution is 2.18. The second-order valence-electron chi connectivity index (χ2n) is 3.21.